The zero-order chi connectivity index (χ0) is 15.5. The van der Waals surface area contributed by atoms with Crippen LogP contribution >= 0.6 is 0 Å². The first-order valence-electron chi connectivity index (χ1n) is 6.73. The van der Waals surface area contributed by atoms with Crippen LogP contribution in [0.1, 0.15) is 31.1 Å². The van der Waals surface area contributed by atoms with E-state index in [0.717, 1.165) is 11.3 Å². The molecule has 2 aromatic rings. The number of nitrogens with two attached hydrogens (primary N) is 1. The van der Waals surface area contributed by atoms with E-state index in [1.807, 2.05) is 24.5 Å². The number of hydrogen-bond acceptors (Lipinski definition) is 4. The monoisotopic (exact) mass is 308 g/mol. The molecule has 6 nitrogen and oxygen atoms in total. The Balaban J connectivity index is 2.20. The standard InChI is InChI=1S/C14H20N4O2S/c1-11(2)18-10-14(6-13(18)7-15)21(19,20)17-9-12-4-3-5-16-8-12/h3-6,8,10-11,17H,7,9,15H2,1-2H3. The molecule has 0 aliphatic rings. The van der Waals surface area contributed by atoms with Crippen molar-refractivity contribution in [2.24, 2.45) is 5.73 Å². The van der Waals surface area contributed by atoms with Gasteiger partial charge in [-0.2, -0.15) is 0 Å². The van der Waals surface area contributed by atoms with E-state index >= 15 is 0 Å². The van der Waals surface area contributed by atoms with Gasteiger partial charge < -0.3 is 10.3 Å². The Morgan fingerprint density at radius 3 is 2.71 bits per heavy atom. The van der Waals surface area contributed by atoms with Gasteiger partial charge in [0.25, 0.3) is 0 Å². The van der Waals surface area contributed by atoms with Crippen LogP contribution < -0.4 is 10.5 Å². The molecule has 114 valence electrons. The van der Waals surface area contributed by atoms with Gasteiger partial charge in [-0.05, 0) is 31.5 Å². The summed E-state index contributed by atoms with van der Waals surface area (Å²) in [7, 11) is -3.56. The summed E-state index contributed by atoms with van der Waals surface area (Å²) in [5.41, 5.74) is 7.27. The van der Waals surface area contributed by atoms with Crippen LogP contribution in [0.15, 0.2) is 41.7 Å². The normalized spacial score (nSPS) is 12.0. The molecule has 0 amide bonds. The minimum atomic E-state index is -3.56. The maximum absolute atomic E-state index is 12.3. The fraction of sp³-hybridized carbons (Fsp3) is 0.357. The first-order chi connectivity index (χ1) is 9.94. The zero-order valence-corrected chi connectivity index (χ0v) is 13.0. The van der Waals surface area contributed by atoms with E-state index < -0.39 is 10.0 Å². The van der Waals surface area contributed by atoms with Crippen molar-refractivity contribution in [2.45, 2.75) is 37.9 Å². The lowest BCUT2D eigenvalue weighted by molar-refractivity contribution is 0.569. The Labute approximate surface area is 125 Å². The summed E-state index contributed by atoms with van der Waals surface area (Å²) >= 11 is 0. The number of hydrogen-bond donors (Lipinski definition) is 2. The summed E-state index contributed by atoms with van der Waals surface area (Å²) in [4.78, 5) is 4.19. The summed E-state index contributed by atoms with van der Waals surface area (Å²) < 4.78 is 29.1. The summed E-state index contributed by atoms with van der Waals surface area (Å²) in [6.07, 6.45) is 4.90. The summed E-state index contributed by atoms with van der Waals surface area (Å²) in [5, 5.41) is 0. The van der Waals surface area contributed by atoms with E-state index in [2.05, 4.69) is 9.71 Å². The highest BCUT2D eigenvalue weighted by Gasteiger charge is 2.18. The molecule has 0 saturated carbocycles. The van der Waals surface area contributed by atoms with E-state index in [9.17, 15) is 8.42 Å². The van der Waals surface area contributed by atoms with E-state index in [4.69, 9.17) is 5.73 Å². The Morgan fingerprint density at radius 2 is 2.19 bits per heavy atom. The van der Waals surface area contributed by atoms with Crippen LogP contribution in [0.5, 0.6) is 0 Å². The number of aromatic nitrogens is 2. The van der Waals surface area contributed by atoms with Crippen LogP contribution in [-0.2, 0) is 23.1 Å². The highest BCUT2D eigenvalue weighted by Crippen LogP contribution is 2.18. The molecule has 2 aromatic heterocycles. The van der Waals surface area contributed by atoms with Crippen molar-refractivity contribution < 1.29 is 8.42 Å². The molecule has 3 N–H and O–H groups in total. The fourth-order valence-electron chi connectivity index (χ4n) is 2.05. The van der Waals surface area contributed by atoms with Gasteiger partial charge in [0.05, 0.1) is 4.90 Å². The number of rotatable bonds is 6. The lowest BCUT2D eigenvalue weighted by Gasteiger charge is -2.10. The highest BCUT2D eigenvalue weighted by molar-refractivity contribution is 7.89. The summed E-state index contributed by atoms with van der Waals surface area (Å²) in [6.45, 7) is 4.48. The topological polar surface area (TPSA) is 90.0 Å². The van der Waals surface area contributed by atoms with E-state index in [0.29, 0.717) is 6.54 Å². The minimum absolute atomic E-state index is 0.158. The van der Waals surface area contributed by atoms with Crippen molar-refractivity contribution in [1.82, 2.24) is 14.3 Å². The average Bonchev–Trinajstić information content (AvgIpc) is 2.92. The molecule has 2 rings (SSSR count). The Bertz CT molecular complexity index is 693. The molecule has 0 aromatic carbocycles. The molecule has 0 fully saturated rings. The van der Waals surface area contributed by atoms with Crippen LogP contribution in [0.4, 0.5) is 0 Å². The van der Waals surface area contributed by atoms with Gasteiger partial charge in [-0.1, -0.05) is 6.07 Å². The molecule has 0 aliphatic heterocycles. The predicted molar refractivity (Wildman–Crippen MR) is 81.0 cm³/mol. The van der Waals surface area contributed by atoms with Crippen LogP contribution in [0.2, 0.25) is 0 Å². The molecule has 0 saturated heterocycles. The SMILES string of the molecule is CC(C)n1cc(S(=O)(=O)NCc2cccnc2)cc1CN. The van der Waals surface area contributed by atoms with E-state index in [-0.39, 0.29) is 17.5 Å². The predicted octanol–water partition coefficient (Wildman–Crippen LogP) is 1.40. The molecule has 0 bridgehead atoms. The molecule has 0 radical (unpaired) electrons. The summed E-state index contributed by atoms with van der Waals surface area (Å²) in [5.74, 6) is 0. The molecule has 0 spiro atoms. The van der Waals surface area contributed by atoms with Gasteiger partial charge in [-0.15, -0.1) is 0 Å². The van der Waals surface area contributed by atoms with Crippen LogP contribution in [0.3, 0.4) is 0 Å². The molecule has 2 heterocycles. The lowest BCUT2D eigenvalue weighted by atomic mass is 10.3. The van der Waals surface area contributed by atoms with Crippen molar-refractivity contribution in [1.29, 1.82) is 0 Å². The fourth-order valence-corrected chi connectivity index (χ4v) is 3.12. The Morgan fingerprint density at radius 1 is 1.43 bits per heavy atom. The molecule has 0 unspecified atom stereocenters. The van der Waals surface area contributed by atoms with Gasteiger partial charge in [0, 0.05) is 43.4 Å². The third-order valence-corrected chi connectivity index (χ3v) is 4.54. The summed E-state index contributed by atoms with van der Waals surface area (Å²) in [6, 6.07) is 5.36. The van der Waals surface area contributed by atoms with Crippen molar-refractivity contribution >= 4 is 10.0 Å². The quantitative estimate of drug-likeness (QED) is 0.844. The Hall–Kier alpha value is -1.70. The van der Waals surface area contributed by atoms with Gasteiger partial charge >= 0.3 is 0 Å². The first-order valence-corrected chi connectivity index (χ1v) is 8.21. The zero-order valence-electron chi connectivity index (χ0n) is 12.2. The smallest absolute Gasteiger partial charge is 0.242 e. The number of nitrogens with one attached hydrogen (secondary N) is 1. The highest BCUT2D eigenvalue weighted by atomic mass is 32.2. The molecule has 21 heavy (non-hydrogen) atoms. The van der Waals surface area contributed by atoms with Crippen molar-refractivity contribution in [3.8, 4) is 0 Å². The van der Waals surface area contributed by atoms with Crippen LogP contribution in [-0.4, -0.2) is 18.0 Å². The second kappa shape index (κ2) is 6.38. The average molecular weight is 308 g/mol. The minimum Gasteiger partial charge on any atom is -0.346 e. The molecule has 7 heteroatoms. The van der Waals surface area contributed by atoms with Crippen LogP contribution in [0, 0.1) is 0 Å². The van der Waals surface area contributed by atoms with Crippen LogP contribution in [0.25, 0.3) is 0 Å². The maximum Gasteiger partial charge on any atom is 0.242 e. The maximum atomic E-state index is 12.3. The third kappa shape index (κ3) is 3.69. The second-order valence-corrected chi connectivity index (χ2v) is 6.83. The Kier molecular flexibility index (Phi) is 4.76. The van der Waals surface area contributed by atoms with Crippen molar-refractivity contribution in [3.05, 3.63) is 48.0 Å². The van der Waals surface area contributed by atoms with Gasteiger partial charge in [0.15, 0.2) is 0 Å². The molecular formula is C14H20N4O2S. The van der Waals surface area contributed by atoms with Gasteiger partial charge in [0.2, 0.25) is 10.0 Å². The van der Waals surface area contributed by atoms with E-state index in [1.165, 1.54) is 0 Å². The molecule has 0 atom stereocenters. The molecule has 0 aliphatic carbocycles. The second-order valence-electron chi connectivity index (χ2n) is 5.06. The van der Waals surface area contributed by atoms with Gasteiger partial charge in [0.1, 0.15) is 0 Å². The van der Waals surface area contributed by atoms with E-state index in [1.54, 1.807) is 30.7 Å². The number of nitrogens with zero attached hydrogens (tertiary/aromatic N) is 2. The third-order valence-electron chi connectivity index (χ3n) is 3.17. The van der Waals surface area contributed by atoms with Gasteiger partial charge in [-0.3, -0.25) is 4.98 Å². The van der Waals surface area contributed by atoms with Gasteiger partial charge in [-0.25, -0.2) is 13.1 Å². The lowest BCUT2D eigenvalue weighted by Crippen LogP contribution is -2.23. The number of pyridine rings is 1. The largest absolute Gasteiger partial charge is 0.346 e. The van der Waals surface area contributed by atoms with Crippen molar-refractivity contribution in [3.63, 3.8) is 0 Å². The number of sulfonamides is 1. The first kappa shape index (κ1) is 15.7. The molecular weight excluding hydrogens is 288 g/mol. The van der Waals surface area contributed by atoms with Crippen molar-refractivity contribution in [2.75, 3.05) is 0 Å².